The Morgan fingerprint density at radius 3 is 2.58 bits per heavy atom. The first-order valence-corrected chi connectivity index (χ1v) is 15.3. The van der Waals surface area contributed by atoms with E-state index in [1.165, 1.54) is 31.2 Å². The predicted octanol–water partition coefficient (Wildman–Crippen LogP) is 5.05. The van der Waals surface area contributed by atoms with Crippen LogP contribution in [0.25, 0.3) is 0 Å². The van der Waals surface area contributed by atoms with Crippen LogP contribution in [0, 0.1) is 28.5 Å². The van der Waals surface area contributed by atoms with Crippen LogP contribution in [0.4, 0.5) is 13.2 Å². The Labute approximate surface area is 258 Å². The fraction of sp³-hybridized carbons (Fsp3) is 0.486. The summed E-state index contributed by atoms with van der Waals surface area (Å²) in [6, 6.07) is 13.5. The first-order chi connectivity index (χ1) is 21.4. The summed E-state index contributed by atoms with van der Waals surface area (Å²) >= 11 is 0. The molecule has 4 fully saturated rings. The third-order valence-corrected chi connectivity index (χ3v) is 11.4. The van der Waals surface area contributed by atoms with Gasteiger partial charge in [-0.15, -0.1) is 0 Å². The maximum absolute atomic E-state index is 17.5. The zero-order valence-electron chi connectivity index (χ0n) is 24.9. The van der Waals surface area contributed by atoms with Crippen LogP contribution in [0.2, 0.25) is 0 Å². The number of hydrogen-bond donors (Lipinski definition) is 2. The highest BCUT2D eigenvalue weighted by atomic mass is 19.1. The largest absolute Gasteiger partial charge is 0.486 e. The van der Waals surface area contributed by atoms with E-state index >= 15 is 13.2 Å². The highest BCUT2D eigenvalue weighted by Crippen LogP contribution is 2.72. The molecule has 238 valence electrons. The molecular weight excluding hydrogens is 589 g/mol. The van der Waals surface area contributed by atoms with Gasteiger partial charge in [0.2, 0.25) is 0 Å². The molecular formula is C35H35F3O7. The molecule has 45 heavy (non-hydrogen) atoms. The molecule has 1 saturated heterocycles. The summed E-state index contributed by atoms with van der Waals surface area (Å²) in [7, 11) is 0. The van der Waals surface area contributed by atoms with Gasteiger partial charge in [0.1, 0.15) is 19.4 Å². The first-order valence-electron chi connectivity index (χ1n) is 15.3. The summed E-state index contributed by atoms with van der Waals surface area (Å²) < 4.78 is 66.8. The number of alkyl halides is 2. The first kappa shape index (κ1) is 30.3. The number of ketones is 2. The van der Waals surface area contributed by atoms with E-state index in [1.807, 2.05) is 30.3 Å². The van der Waals surface area contributed by atoms with Gasteiger partial charge in [0.15, 0.2) is 40.7 Å². The molecule has 0 unspecified atom stereocenters. The van der Waals surface area contributed by atoms with E-state index in [4.69, 9.17) is 14.2 Å². The molecule has 1 heterocycles. The third-order valence-electron chi connectivity index (χ3n) is 11.4. The van der Waals surface area contributed by atoms with E-state index in [9.17, 15) is 19.8 Å². The van der Waals surface area contributed by atoms with Gasteiger partial charge in [-0.2, -0.15) is 0 Å². The maximum Gasteiger partial charge on any atom is 0.193 e. The number of aliphatic hydroxyl groups excluding tert-OH is 2. The van der Waals surface area contributed by atoms with Crippen molar-refractivity contribution >= 4 is 11.6 Å². The number of Topliss-reactive ketones (excluding diaryl/α,β-unsaturated/α-hetero) is 1. The molecule has 0 radical (unpaired) electrons. The molecule has 3 saturated carbocycles. The minimum Gasteiger partial charge on any atom is -0.486 e. The van der Waals surface area contributed by atoms with Crippen LogP contribution in [-0.4, -0.2) is 58.0 Å². The topological polar surface area (TPSA) is 102 Å². The van der Waals surface area contributed by atoms with Crippen molar-refractivity contribution in [3.8, 4) is 5.75 Å². The number of carbonyl (C=O) groups is 2. The van der Waals surface area contributed by atoms with Gasteiger partial charge in [-0.1, -0.05) is 49.4 Å². The van der Waals surface area contributed by atoms with Crippen molar-refractivity contribution in [2.24, 2.45) is 22.7 Å². The number of hydrogen-bond acceptors (Lipinski definition) is 7. The molecule has 0 spiro atoms. The summed E-state index contributed by atoms with van der Waals surface area (Å²) in [5, 5.41) is 21.8. The molecule has 1 aliphatic heterocycles. The number of ether oxygens (including phenoxy) is 3. The molecule has 7 nitrogen and oxygen atoms in total. The molecule has 0 bridgehead atoms. The van der Waals surface area contributed by atoms with Crippen LogP contribution in [-0.2, 0) is 25.7 Å². The monoisotopic (exact) mass is 624 g/mol. The fourth-order valence-electron chi connectivity index (χ4n) is 9.23. The maximum atomic E-state index is 17.5. The average molecular weight is 625 g/mol. The molecule has 0 amide bonds. The van der Waals surface area contributed by atoms with Crippen LogP contribution in [0.1, 0.15) is 50.5 Å². The zero-order valence-corrected chi connectivity index (χ0v) is 24.9. The van der Waals surface area contributed by atoms with E-state index in [1.54, 1.807) is 13.0 Å². The van der Waals surface area contributed by atoms with Crippen molar-refractivity contribution < 1.29 is 47.2 Å². The van der Waals surface area contributed by atoms with Gasteiger partial charge in [0.05, 0.1) is 12.2 Å². The lowest BCUT2D eigenvalue weighted by Gasteiger charge is -2.63. The van der Waals surface area contributed by atoms with Crippen molar-refractivity contribution in [2.45, 2.75) is 75.7 Å². The Morgan fingerprint density at radius 2 is 1.87 bits per heavy atom. The summed E-state index contributed by atoms with van der Waals surface area (Å²) in [5.41, 5.74) is -5.86. The highest BCUT2D eigenvalue weighted by Gasteiger charge is 2.80. The quantitative estimate of drug-likeness (QED) is 0.464. The predicted molar refractivity (Wildman–Crippen MR) is 155 cm³/mol. The second-order valence-corrected chi connectivity index (χ2v) is 13.5. The molecule has 10 atom stereocenters. The van der Waals surface area contributed by atoms with E-state index in [0.717, 1.165) is 11.6 Å². The minimum absolute atomic E-state index is 0.00141. The number of allylic oxidation sites excluding steroid dienone is 4. The summed E-state index contributed by atoms with van der Waals surface area (Å²) in [6.45, 7) is 2.45. The summed E-state index contributed by atoms with van der Waals surface area (Å²) in [4.78, 5) is 25.8. The van der Waals surface area contributed by atoms with Crippen LogP contribution in [0.15, 0.2) is 72.3 Å². The Kier molecular flexibility index (Phi) is 6.98. The highest BCUT2D eigenvalue weighted by molar-refractivity contribution is 6.01. The smallest absolute Gasteiger partial charge is 0.193 e. The molecule has 5 aliphatic rings. The Hall–Kier alpha value is -3.31. The zero-order chi connectivity index (χ0) is 31.9. The van der Waals surface area contributed by atoms with Gasteiger partial charge in [-0.05, 0) is 67.5 Å². The Bertz CT molecular complexity index is 1610. The standard InChI is InChI=1S/C35H35F3O7/c1-32-11-10-21(40)13-24(32)25(36)14-23-22-15-30-35(29(42)17-39,33(22,2)16-28(41)34(23,32)38)45-31(44-30)20-8-9-27(26(37)12-20)43-18-19-6-4-3-5-7-19/h3-13,22-23,25,28,30-31,39,41H,14-18H2,1-2H3/t22-,23-,25-,28-,30+,31+,32-,33-,34-,35+/m0/s1. The molecule has 2 aromatic rings. The average Bonchev–Trinajstić information content (AvgIpc) is 3.52. The van der Waals surface area contributed by atoms with Crippen LogP contribution < -0.4 is 4.74 Å². The van der Waals surface area contributed by atoms with Gasteiger partial charge in [-0.25, -0.2) is 13.2 Å². The van der Waals surface area contributed by atoms with Gasteiger partial charge in [0.25, 0.3) is 0 Å². The Balaban J connectivity index is 1.20. The number of rotatable bonds is 6. The molecule has 4 aliphatic carbocycles. The van der Waals surface area contributed by atoms with Gasteiger partial charge in [0, 0.05) is 22.3 Å². The number of aliphatic hydroxyl groups is 2. The lowest BCUT2D eigenvalue weighted by molar-refractivity contribution is -0.235. The van der Waals surface area contributed by atoms with Gasteiger partial charge >= 0.3 is 0 Å². The van der Waals surface area contributed by atoms with Crippen molar-refractivity contribution in [1.29, 1.82) is 0 Å². The summed E-state index contributed by atoms with van der Waals surface area (Å²) in [6.07, 6.45) is -2.26. The van der Waals surface area contributed by atoms with Crippen LogP contribution in [0.3, 0.4) is 0 Å². The van der Waals surface area contributed by atoms with E-state index < -0.39 is 82.6 Å². The van der Waals surface area contributed by atoms with Gasteiger partial charge in [-0.3, -0.25) is 9.59 Å². The number of benzene rings is 2. The molecule has 2 aromatic carbocycles. The Morgan fingerprint density at radius 1 is 1.11 bits per heavy atom. The van der Waals surface area contributed by atoms with Crippen LogP contribution >= 0.6 is 0 Å². The van der Waals surface area contributed by atoms with Crippen molar-refractivity contribution in [1.82, 2.24) is 0 Å². The fourth-order valence-corrected chi connectivity index (χ4v) is 9.23. The van der Waals surface area contributed by atoms with Gasteiger partial charge < -0.3 is 24.4 Å². The molecule has 0 aromatic heterocycles. The van der Waals surface area contributed by atoms with Crippen molar-refractivity contribution in [2.75, 3.05) is 6.61 Å². The van der Waals surface area contributed by atoms with E-state index in [0.29, 0.717) is 0 Å². The van der Waals surface area contributed by atoms with Crippen LogP contribution in [0.5, 0.6) is 5.75 Å². The lowest BCUT2D eigenvalue weighted by Crippen LogP contribution is -2.70. The number of fused-ring (bicyclic) bond motifs is 7. The molecule has 2 N–H and O–H groups in total. The number of halogens is 3. The van der Waals surface area contributed by atoms with Crippen molar-refractivity contribution in [3.05, 3.63) is 89.3 Å². The molecule has 7 rings (SSSR count). The number of carbonyl (C=O) groups excluding carboxylic acids is 2. The summed E-state index contributed by atoms with van der Waals surface area (Å²) in [5.74, 6) is -3.53. The van der Waals surface area contributed by atoms with Crippen molar-refractivity contribution in [3.63, 3.8) is 0 Å². The SMILES string of the molecule is C[C@]12C=CC(=O)C=C1[C@@H](F)C[C@H]1[C@@H]3C[C@H]4O[C@@H](c5ccc(OCc6ccccc6)c(F)c5)O[C@@]4(C(=O)CO)[C@@]3(C)C[C@H](O)[C@@]12F. The third kappa shape index (κ3) is 4.05. The second-order valence-electron chi connectivity index (χ2n) is 13.5. The second kappa shape index (κ2) is 10.4. The molecule has 10 heteroatoms. The normalized spacial score (nSPS) is 41.5. The van der Waals surface area contributed by atoms with E-state index in [2.05, 4.69) is 0 Å². The minimum atomic E-state index is -2.34. The lowest BCUT2D eigenvalue weighted by atomic mass is 9.44. The van der Waals surface area contributed by atoms with E-state index in [-0.39, 0.29) is 42.8 Å².